The highest BCUT2D eigenvalue weighted by atomic mass is 32.2. The van der Waals surface area contributed by atoms with Crippen LogP contribution in [0.2, 0.25) is 0 Å². The monoisotopic (exact) mass is 480 g/mol. The first kappa shape index (κ1) is 24.6. The number of methoxy groups -OCH3 is 1. The van der Waals surface area contributed by atoms with Crippen LogP contribution in [-0.4, -0.2) is 33.7 Å². The Kier molecular flexibility index (Phi) is 6.78. The molecule has 3 rings (SSSR count). The van der Waals surface area contributed by atoms with Crippen molar-refractivity contribution in [3.05, 3.63) is 59.2 Å². The Bertz CT molecular complexity index is 1200. The number of alkyl halides is 3. The van der Waals surface area contributed by atoms with E-state index in [2.05, 4.69) is 4.98 Å². The minimum absolute atomic E-state index is 0.0612. The number of carboxylic acids is 1. The minimum atomic E-state index is -4.55. The lowest BCUT2D eigenvalue weighted by atomic mass is 9.86. The van der Waals surface area contributed by atoms with Crippen LogP contribution in [-0.2, 0) is 21.5 Å². The Labute approximate surface area is 192 Å². The highest BCUT2D eigenvalue weighted by Crippen LogP contribution is 2.39. The Morgan fingerprint density at radius 2 is 1.85 bits per heavy atom. The lowest BCUT2D eigenvalue weighted by Crippen LogP contribution is -2.32. The molecule has 1 N–H and O–H groups in total. The molecule has 0 spiro atoms. The number of hydrogen-bond acceptors (Lipinski definition) is 5. The van der Waals surface area contributed by atoms with Crippen LogP contribution >= 0.6 is 11.8 Å². The van der Waals surface area contributed by atoms with Crippen molar-refractivity contribution in [3.8, 4) is 0 Å². The highest BCUT2D eigenvalue weighted by molar-refractivity contribution is 7.98. The largest absolute Gasteiger partial charge is 0.480 e. The van der Waals surface area contributed by atoms with Gasteiger partial charge in [0.25, 0.3) is 0 Å². The van der Waals surface area contributed by atoms with Gasteiger partial charge in [0.2, 0.25) is 0 Å². The maximum Gasteiger partial charge on any atom is 0.416 e. The third kappa shape index (κ3) is 5.32. The molecule has 0 aliphatic carbocycles. The van der Waals surface area contributed by atoms with E-state index in [1.54, 1.807) is 45.0 Å². The normalized spacial score (nSPS) is 13.2. The third-order valence-electron chi connectivity index (χ3n) is 5.01. The summed E-state index contributed by atoms with van der Waals surface area (Å²) in [6.45, 7) is 5.24. The van der Waals surface area contributed by atoms with Gasteiger partial charge in [0.15, 0.2) is 5.16 Å². The van der Waals surface area contributed by atoms with Crippen molar-refractivity contribution >= 4 is 34.7 Å². The Morgan fingerprint density at radius 1 is 1.15 bits per heavy atom. The SMILES string of the molecule is COC(=O)c1cccc(CSc2nc3cc(C(F)(F)F)ccc3n2C(C(=O)O)C(C)(C)C)c1. The first-order valence-electron chi connectivity index (χ1n) is 9.95. The van der Waals surface area contributed by atoms with Crippen LogP contribution in [0.4, 0.5) is 13.2 Å². The van der Waals surface area contributed by atoms with Crippen LogP contribution in [0.5, 0.6) is 0 Å². The predicted octanol–water partition coefficient (Wildman–Crippen LogP) is 5.81. The molecule has 33 heavy (non-hydrogen) atoms. The number of fused-ring (bicyclic) bond motifs is 1. The zero-order chi connectivity index (χ0) is 24.6. The summed E-state index contributed by atoms with van der Waals surface area (Å²) in [5, 5.41) is 10.2. The number of thioether (sulfide) groups is 1. The molecule has 0 fully saturated rings. The van der Waals surface area contributed by atoms with E-state index in [1.165, 1.54) is 29.5 Å². The number of aliphatic carboxylic acids is 1. The van der Waals surface area contributed by atoms with Crippen molar-refractivity contribution in [2.45, 2.75) is 43.9 Å². The van der Waals surface area contributed by atoms with Gasteiger partial charge in [0.05, 0.1) is 29.3 Å². The number of halogens is 3. The van der Waals surface area contributed by atoms with Crippen LogP contribution in [0.3, 0.4) is 0 Å². The number of benzene rings is 2. The van der Waals surface area contributed by atoms with E-state index in [0.29, 0.717) is 16.8 Å². The van der Waals surface area contributed by atoms with Gasteiger partial charge in [-0.15, -0.1) is 0 Å². The van der Waals surface area contributed by atoms with Gasteiger partial charge >= 0.3 is 18.1 Å². The number of carbonyl (C=O) groups is 2. The van der Waals surface area contributed by atoms with E-state index >= 15 is 0 Å². The summed E-state index contributed by atoms with van der Waals surface area (Å²) in [5.41, 5.74) is -0.133. The molecule has 0 amide bonds. The number of hydrogen-bond donors (Lipinski definition) is 1. The quantitative estimate of drug-likeness (QED) is 0.354. The van der Waals surface area contributed by atoms with Crippen molar-refractivity contribution in [3.63, 3.8) is 0 Å². The molecule has 3 aromatic rings. The van der Waals surface area contributed by atoms with E-state index < -0.39 is 35.1 Å². The van der Waals surface area contributed by atoms with Gasteiger partial charge in [-0.2, -0.15) is 13.2 Å². The molecule has 0 saturated carbocycles. The molecule has 6 nitrogen and oxygen atoms in total. The summed E-state index contributed by atoms with van der Waals surface area (Å²) >= 11 is 1.18. The average molecular weight is 481 g/mol. The summed E-state index contributed by atoms with van der Waals surface area (Å²) < 4.78 is 45.9. The molecule has 1 unspecified atom stereocenters. The predicted molar refractivity (Wildman–Crippen MR) is 118 cm³/mol. The maximum atomic E-state index is 13.2. The molecular formula is C23H23F3N2O4S. The number of aromatic nitrogens is 2. The fourth-order valence-corrected chi connectivity index (χ4v) is 4.51. The number of imidazole rings is 1. The first-order chi connectivity index (χ1) is 15.3. The second-order valence-corrected chi connectivity index (χ2v) is 9.50. The number of carboxylic acid groups (broad SMARTS) is 1. The number of carbonyl (C=O) groups excluding carboxylic acids is 1. The maximum absolute atomic E-state index is 13.2. The molecule has 0 aliphatic rings. The van der Waals surface area contributed by atoms with Gasteiger partial charge in [0.1, 0.15) is 6.04 Å². The van der Waals surface area contributed by atoms with Crippen molar-refractivity contribution in [1.82, 2.24) is 9.55 Å². The highest BCUT2D eigenvalue weighted by Gasteiger charge is 2.37. The summed E-state index contributed by atoms with van der Waals surface area (Å²) in [4.78, 5) is 28.4. The lowest BCUT2D eigenvalue weighted by molar-refractivity contribution is -0.144. The minimum Gasteiger partial charge on any atom is -0.480 e. The fraction of sp³-hybridized carbons (Fsp3) is 0.348. The van der Waals surface area contributed by atoms with Crippen LogP contribution in [0, 0.1) is 5.41 Å². The average Bonchev–Trinajstić information content (AvgIpc) is 3.07. The number of ether oxygens (including phenoxy) is 1. The van der Waals surface area contributed by atoms with E-state index in [0.717, 1.165) is 17.7 Å². The van der Waals surface area contributed by atoms with Crippen LogP contribution in [0.1, 0.15) is 48.3 Å². The Balaban J connectivity index is 2.09. The zero-order valence-electron chi connectivity index (χ0n) is 18.4. The summed E-state index contributed by atoms with van der Waals surface area (Å²) in [6.07, 6.45) is -4.55. The molecule has 10 heteroatoms. The van der Waals surface area contributed by atoms with Crippen LogP contribution in [0.15, 0.2) is 47.6 Å². The second-order valence-electron chi connectivity index (χ2n) is 8.55. The second kappa shape index (κ2) is 9.09. The summed E-state index contributed by atoms with van der Waals surface area (Å²) in [5.74, 6) is -1.29. The van der Waals surface area contributed by atoms with Crippen molar-refractivity contribution in [2.75, 3.05) is 7.11 Å². The van der Waals surface area contributed by atoms with E-state index in [1.807, 2.05) is 0 Å². The Morgan fingerprint density at radius 3 is 2.42 bits per heavy atom. The van der Waals surface area contributed by atoms with E-state index in [9.17, 15) is 27.9 Å². The smallest absolute Gasteiger partial charge is 0.416 e. The number of esters is 1. The Hall–Kier alpha value is -3.01. The molecular weight excluding hydrogens is 457 g/mol. The lowest BCUT2D eigenvalue weighted by Gasteiger charge is -2.29. The van der Waals surface area contributed by atoms with Gasteiger partial charge in [0, 0.05) is 5.75 Å². The van der Waals surface area contributed by atoms with Gasteiger partial charge < -0.3 is 14.4 Å². The summed E-state index contributed by atoms with van der Waals surface area (Å²) in [7, 11) is 1.28. The van der Waals surface area contributed by atoms with Crippen LogP contribution < -0.4 is 0 Å². The number of nitrogens with zero attached hydrogens (tertiary/aromatic N) is 2. The topological polar surface area (TPSA) is 81.4 Å². The van der Waals surface area contributed by atoms with Crippen molar-refractivity contribution in [1.29, 1.82) is 0 Å². The molecule has 0 radical (unpaired) electrons. The summed E-state index contributed by atoms with van der Waals surface area (Å²) in [6, 6.07) is 8.77. The molecule has 2 aromatic carbocycles. The third-order valence-corrected chi connectivity index (χ3v) is 6.04. The molecule has 1 atom stereocenters. The van der Waals surface area contributed by atoms with Crippen molar-refractivity contribution < 1.29 is 32.6 Å². The van der Waals surface area contributed by atoms with Crippen LogP contribution in [0.25, 0.3) is 11.0 Å². The molecule has 1 heterocycles. The first-order valence-corrected chi connectivity index (χ1v) is 10.9. The standard InChI is InChI=1S/C23H23F3N2O4S/c1-22(2,3)18(19(29)30)28-17-9-8-15(23(24,25)26)11-16(17)27-21(28)33-12-13-6-5-7-14(10-13)20(31)32-4/h5-11,18H,12H2,1-4H3,(H,29,30). The zero-order valence-corrected chi connectivity index (χ0v) is 19.3. The molecule has 0 aliphatic heterocycles. The van der Waals surface area contributed by atoms with E-state index in [4.69, 9.17) is 4.74 Å². The molecule has 0 saturated heterocycles. The van der Waals surface area contributed by atoms with Crippen molar-refractivity contribution in [2.24, 2.45) is 5.41 Å². The van der Waals surface area contributed by atoms with Gasteiger partial charge in [-0.25, -0.2) is 14.6 Å². The molecule has 0 bridgehead atoms. The van der Waals surface area contributed by atoms with Gasteiger partial charge in [-0.3, -0.25) is 0 Å². The fourth-order valence-electron chi connectivity index (χ4n) is 3.53. The molecule has 1 aromatic heterocycles. The van der Waals surface area contributed by atoms with Gasteiger partial charge in [-0.1, -0.05) is 44.7 Å². The van der Waals surface area contributed by atoms with Gasteiger partial charge in [-0.05, 0) is 41.3 Å². The van der Waals surface area contributed by atoms with E-state index in [-0.39, 0.29) is 10.7 Å². The molecule has 176 valence electrons. The number of rotatable bonds is 6.